The summed E-state index contributed by atoms with van der Waals surface area (Å²) in [5.74, 6) is 0.659. The molecule has 0 saturated carbocycles. The normalized spacial score (nSPS) is 10.3. The maximum absolute atomic E-state index is 11.0. The van der Waals surface area contributed by atoms with Crippen molar-refractivity contribution >= 4 is 18.2 Å². The largest absolute Gasteiger partial charge is 0.469 e. The Bertz CT molecular complexity index is 383. The van der Waals surface area contributed by atoms with Crippen molar-refractivity contribution in [3.63, 3.8) is 0 Å². The average Bonchev–Trinajstić information content (AvgIpc) is 2.57. The van der Waals surface area contributed by atoms with Gasteiger partial charge in [-0.2, -0.15) is 5.10 Å². The lowest BCUT2D eigenvalue weighted by atomic mass is 10.3. The van der Waals surface area contributed by atoms with Crippen LogP contribution in [0.5, 0.6) is 0 Å². The van der Waals surface area contributed by atoms with Gasteiger partial charge in [0.2, 0.25) is 0 Å². The third-order valence-electron chi connectivity index (χ3n) is 2.08. The zero-order valence-corrected chi connectivity index (χ0v) is 9.76. The van der Waals surface area contributed by atoms with Gasteiger partial charge in [-0.3, -0.25) is 9.89 Å². The molecule has 0 radical (unpaired) electrons. The number of carbonyl (C=O) groups is 1. The predicted octanol–water partition coefficient (Wildman–Crippen LogP) is 1.46. The van der Waals surface area contributed by atoms with Gasteiger partial charge in [-0.05, 0) is 18.6 Å². The molecular weight excluding hydrogens is 214 g/mol. The van der Waals surface area contributed by atoms with Crippen LogP contribution in [0.4, 0.5) is 0 Å². The summed E-state index contributed by atoms with van der Waals surface area (Å²) in [7, 11) is 1.38. The fraction of sp³-hybridized carbons (Fsp3) is 0.667. The van der Waals surface area contributed by atoms with Gasteiger partial charge in [-0.15, -0.1) is 0 Å². The van der Waals surface area contributed by atoms with E-state index in [2.05, 4.69) is 21.9 Å². The molecule has 15 heavy (non-hydrogen) atoms. The third kappa shape index (κ3) is 3.16. The SMILES string of the molecule is CCCc1n[nH]c(=S)n1CCC(=O)OC. The van der Waals surface area contributed by atoms with E-state index < -0.39 is 0 Å². The standard InChI is InChI=1S/C9H15N3O2S/c1-3-4-7-10-11-9(15)12(7)6-5-8(13)14-2/h3-6H2,1-2H3,(H,11,15). The predicted molar refractivity (Wildman–Crippen MR) is 58.0 cm³/mol. The Balaban J connectivity index is 2.70. The highest BCUT2D eigenvalue weighted by Gasteiger charge is 2.07. The number of methoxy groups -OCH3 is 1. The highest BCUT2D eigenvalue weighted by Crippen LogP contribution is 2.03. The van der Waals surface area contributed by atoms with Crippen LogP contribution in [0.25, 0.3) is 0 Å². The van der Waals surface area contributed by atoms with Crippen LogP contribution in [0.3, 0.4) is 0 Å². The molecule has 0 fully saturated rings. The first-order valence-corrected chi connectivity index (χ1v) is 5.30. The molecule has 0 spiro atoms. The van der Waals surface area contributed by atoms with Crippen LogP contribution < -0.4 is 0 Å². The van der Waals surface area contributed by atoms with Gasteiger partial charge in [0.25, 0.3) is 0 Å². The molecule has 0 aliphatic rings. The Hall–Kier alpha value is -1.17. The lowest BCUT2D eigenvalue weighted by Gasteiger charge is -2.04. The van der Waals surface area contributed by atoms with E-state index in [0.29, 0.717) is 17.7 Å². The number of rotatable bonds is 5. The zero-order valence-electron chi connectivity index (χ0n) is 8.95. The summed E-state index contributed by atoms with van der Waals surface area (Å²) < 4.78 is 6.97. The molecule has 0 aromatic carbocycles. The molecule has 84 valence electrons. The molecule has 0 atom stereocenters. The van der Waals surface area contributed by atoms with Crippen LogP contribution in [0.1, 0.15) is 25.6 Å². The Morgan fingerprint density at radius 1 is 1.67 bits per heavy atom. The minimum Gasteiger partial charge on any atom is -0.469 e. The third-order valence-corrected chi connectivity index (χ3v) is 2.39. The van der Waals surface area contributed by atoms with E-state index in [1.165, 1.54) is 7.11 Å². The number of hydrogen-bond acceptors (Lipinski definition) is 4. The van der Waals surface area contributed by atoms with Gasteiger partial charge in [-0.1, -0.05) is 6.92 Å². The molecular formula is C9H15N3O2S. The van der Waals surface area contributed by atoms with Gasteiger partial charge < -0.3 is 9.30 Å². The number of carbonyl (C=O) groups excluding carboxylic acids is 1. The molecule has 5 nitrogen and oxygen atoms in total. The number of nitrogens with zero attached hydrogens (tertiary/aromatic N) is 2. The van der Waals surface area contributed by atoms with Gasteiger partial charge in [0.1, 0.15) is 5.82 Å². The smallest absolute Gasteiger partial charge is 0.307 e. The number of nitrogens with one attached hydrogen (secondary N) is 1. The van der Waals surface area contributed by atoms with E-state index in [9.17, 15) is 4.79 Å². The van der Waals surface area contributed by atoms with E-state index in [1.807, 2.05) is 4.57 Å². The number of esters is 1. The maximum atomic E-state index is 11.0. The van der Waals surface area contributed by atoms with Gasteiger partial charge in [-0.25, -0.2) is 0 Å². The summed E-state index contributed by atoms with van der Waals surface area (Å²) in [6, 6.07) is 0. The molecule has 6 heteroatoms. The first-order valence-electron chi connectivity index (χ1n) is 4.90. The van der Waals surface area contributed by atoms with Crippen molar-refractivity contribution < 1.29 is 9.53 Å². The molecule has 1 N–H and O–H groups in total. The molecule has 0 aliphatic carbocycles. The van der Waals surface area contributed by atoms with Gasteiger partial charge in [0.05, 0.1) is 13.5 Å². The monoisotopic (exact) mass is 229 g/mol. The van der Waals surface area contributed by atoms with Crippen molar-refractivity contribution in [1.82, 2.24) is 14.8 Å². The fourth-order valence-corrected chi connectivity index (χ4v) is 1.54. The summed E-state index contributed by atoms with van der Waals surface area (Å²) in [5, 5.41) is 6.83. The minimum atomic E-state index is -0.236. The molecule has 1 heterocycles. The molecule has 1 rings (SSSR count). The molecule has 0 saturated heterocycles. The second-order valence-corrected chi connectivity index (χ2v) is 3.56. The molecule has 0 bridgehead atoms. The Kier molecular flexibility index (Phi) is 4.48. The maximum Gasteiger partial charge on any atom is 0.307 e. The first kappa shape index (κ1) is 11.9. The number of aromatic nitrogens is 3. The van der Waals surface area contributed by atoms with Gasteiger partial charge in [0.15, 0.2) is 4.77 Å². The summed E-state index contributed by atoms with van der Waals surface area (Å²) in [6.45, 7) is 2.60. The number of H-pyrrole nitrogens is 1. The van der Waals surface area contributed by atoms with Crippen LogP contribution in [0.2, 0.25) is 0 Å². The van der Waals surface area contributed by atoms with Crippen molar-refractivity contribution in [3.05, 3.63) is 10.6 Å². The van der Waals surface area contributed by atoms with Crippen LogP contribution >= 0.6 is 12.2 Å². The average molecular weight is 229 g/mol. The second-order valence-electron chi connectivity index (χ2n) is 3.17. The van der Waals surface area contributed by atoms with Crippen molar-refractivity contribution in [2.24, 2.45) is 0 Å². The lowest BCUT2D eigenvalue weighted by molar-refractivity contribution is -0.140. The number of aryl methyl sites for hydroxylation is 1. The van der Waals surface area contributed by atoms with E-state index in [4.69, 9.17) is 12.2 Å². The second kappa shape index (κ2) is 5.65. The van der Waals surface area contributed by atoms with E-state index in [-0.39, 0.29) is 5.97 Å². The van der Waals surface area contributed by atoms with E-state index >= 15 is 0 Å². The minimum absolute atomic E-state index is 0.236. The molecule has 1 aromatic rings. The van der Waals surface area contributed by atoms with E-state index in [0.717, 1.165) is 18.7 Å². The quantitative estimate of drug-likeness (QED) is 0.613. The Morgan fingerprint density at radius 2 is 2.40 bits per heavy atom. The summed E-state index contributed by atoms with van der Waals surface area (Å²) in [5.41, 5.74) is 0. The topological polar surface area (TPSA) is 59.9 Å². The lowest BCUT2D eigenvalue weighted by Crippen LogP contribution is -2.09. The van der Waals surface area contributed by atoms with Gasteiger partial charge >= 0.3 is 5.97 Å². The van der Waals surface area contributed by atoms with Crippen LogP contribution in [-0.4, -0.2) is 27.8 Å². The molecule has 0 amide bonds. The number of ether oxygens (including phenoxy) is 1. The number of hydrogen-bond donors (Lipinski definition) is 1. The Labute approximate surface area is 93.4 Å². The molecule has 1 aromatic heterocycles. The van der Waals surface area contributed by atoms with Crippen molar-refractivity contribution in [2.75, 3.05) is 7.11 Å². The van der Waals surface area contributed by atoms with Crippen molar-refractivity contribution in [2.45, 2.75) is 32.7 Å². The summed E-state index contributed by atoms with van der Waals surface area (Å²) >= 11 is 5.07. The van der Waals surface area contributed by atoms with Crippen molar-refractivity contribution in [1.29, 1.82) is 0 Å². The van der Waals surface area contributed by atoms with Gasteiger partial charge in [0, 0.05) is 13.0 Å². The van der Waals surface area contributed by atoms with Crippen LogP contribution in [0, 0.1) is 4.77 Å². The first-order chi connectivity index (χ1) is 7.19. The number of aromatic amines is 1. The Morgan fingerprint density at radius 3 is 3.00 bits per heavy atom. The highest BCUT2D eigenvalue weighted by atomic mass is 32.1. The molecule has 0 unspecified atom stereocenters. The summed E-state index contributed by atoms with van der Waals surface area (Å²) in [4.78, 5) is 11.0. The van der Waals surface area contributed by atoms with Crippen molar-refractivity contribution in [3.8, 4) is 0 Å². The van der Waals surface area contributed by atoms with Crippen LogP contribution in [0.15, 0.2) is 0 Å². The highest BCUT2D eigenvalue weighted by molar-refractivity contribution is 7.71. The molecule has 0 aliphatic heterocycles. The zero-order chi connectivity index (χ0) is 11.3. The van der Waals surface area contributed by atoms with E-state index in [1.54, 1.807) is 0 Å². The van der Waals surface area contributed by atoms with Crippen LogP contribution in [-0.2, 0) is 22.5 Å². The fourth-order valence-electron chi connectivity index (χ4n) is 1.30. The summed E-state index contributed by atoms with van der Waals surface area (Å²) in [6.07, 6.45) is 2.17.